The lowest BCUT2D eigenvalue weighted by Crippen LogP contribution is -2.15. The van der Waals surface area contributed by atoms with Crippen molar-refractivity contribution in [1.29, 1.82) is 0 Å². The maximum Gasteiger partial charge on any atom is 0.255 e. The number of hydrogen-bond acceptors (Lipinski definition) is 4. The van der Waals surface area contributed by atoms with E-state index in [1.54, 1.807) is 18.2 Å². The smallest absolute Gasteiger partial charge is 0.255 e. The Hall–Kier alpha value is -1.92. The van der Waals surface area contributed by atoms with Gasteiger partial charge < -0.3 is 10.6 Å². The zero-order valence-electron chi connectivity index (χ0n) is 14.9. The summed E-state index contributed by atoms with van der Waals surface area (Å²) in [6.07, 6.45) is 3.18. The van der Waals surface area contributed by atoms with Crippen LogP contribution in [0.5, 0.6) is 0 Å². The average molecular weight is 399 g/mol. The van der Waals surface area contributed by atoms with Crippen LogP contribution in [-0.4, -0.2) is 23.3 Å². The first-order chi connectivity index (χ1) is 13.2. The van der Waals surface area contributed by atoms with Gasteiger partial charge in [0.15, 0.2) is 0 Å². The van der Waals surface area contributed by atoms with Crippen molar-refractivity contribution in [2.45, 2.75) is 23.8 Å². The fourth-order valence-corrected chi connectivity index (χ4v) is 5.85. The van der Waals surface area contributed by atoms with Gasteiger partial charge in [0.25, 0.3) is 5.91 Å². The van der Waals surface area contributed by atoms with Gasteiger partial charge in [0.1, 0.15) is 0 Å². The summed E-state index contributed by atoms with van der Waals surface area (Å²) in [5.74, 6) is 2.39. The molecule has 1 heterocycles. The number of carbonyl (C=O) groups excluding carboxylic acids is 2. The minimum atomic E-state index is -0.168. The summed E-state index contributed by atoms with van der Waals surface area (Å²) in [4.78, 5) is 24.6. The molecule has 27 heavy (non-hydrogen) atoms. The quantitative estimate of drug-likeness (QED) is 0.731. The third kappa shape index (κ3) is 4.87. The highest BCUT2D eigenvalue weighted by Gasteiger charge is 2.29. The van der Waals surface area contributed by atoms with E-state index < -0.39 is 0 Å². The fraction of sp³-hybridized carbons (Fsp3) is 0.333. The third-order valence-electron chi connectivity index (χ3n) is 4.58. The monoisotopic (exact) mass is 398 g/mol. The normalized spacial score (nSPS) is 17.3. The van der Waals surface area contributed by atoms with Crippen LogP contribution in [0.3, 0.4) is 0 Å². The Morgan fingerprint density at radius 2 is 1.59 bits per heavy atom. The van der Waals surface area contributed by atoms with Gasteiger partial charge in [-0.05, 0) is 66.7 Å². The fourth-order valence-electron chi connectivity index (χ4n) is 2.97. The third-order valence-corrected chi connectivity index (χ3v) is 7.60. The molecule has 140 valence electrons. The number of carbonyl (C=O) groups is 2. The first-order valence-electron chi connectivity index (χ1n) is 9.24. The number of benzene rings is 2. The molecule has 0 bridgehead atoms. The zero-order chi connectivity index (χ0) is 18.6. The van der Waals surface area contributed by atoms with Crippen molar-refractivity contribution in [2.24, 2.45) is 5.92 Å². The van der Waals surface area contributed by atoms with E-state index in [-0.39, 0.29) is 17.7 Å². The van der Waals surface area contributed by atoms with E-state index in [9.17, 15) is 9.59 Å². The zero-order valence-corrected chi connectivity index (χ0v) is 16.6. The van der Waals surface area contributed by atoms with Gasteiger partial charge in [-0.1, -0.05) is 18.2 Å². The van der Waals surface area contributed by atoms with E-state index in [1.807, 2.05) is 41.7 Å². The molecule has 0 atom stereocenters. The lowest BCUT2D eigenvalue weighted by Gasteiger charge is -2.21. The minimum absolute atomic E-state index is 0.0442. The predicted molar refractivity (Wildman–Crippen MR) is 114 cm³/mol. The van der Waals surface area contributed by atoms with Gasteiger partial charge in [-0.3, -0.25) is 9.59 Å². The van der Waals surface area contributed by atoms with E-state index in [1.165, 1.54) is 23.5 Å². The molecule has 0 aromatic heterocycles. The van der Waals surface area contributed by atoms with Gasteiger partial charge in [0.2, 0.25) is 5.91 Å². The van der Waals surface area contributed by atoms with Crippen LogP contribution in [0.15, 0.2) is 48.5 Å². The molecule has 2 amide bonds. The summed E-state index contributed by atoms with van der Waals surface area (Å²) in [6, 6.07) is 15.2. The van der Waals surface area contributed by atoms with Crippen LogP contribution in [0.2, 0.25) is 0 Å². The first-order valence-corrected chi connectivity index (χ1v) is 11.3. The number of amides is 2. The molecule has 4 nitrogen and oxygen atoms in total. The summed E-state index contributed by atoms with van der Waals surface area (Å²) < 4.78 is 0.441. The van der Waals surface area contributed by atoms with Crippen LogP contribution >= 0.6 is 23.5 Å². The average Bonchev–Trinajstić information content (AvgIpc) is 3.54. The van der Waals surface area contributed by atoms with Crippen molar-refractivity contribution in [3.63, 3.8) is 0 Å². The Kier molecular flexibility index (Phi) is 5.74. The lowest BCUT2D eigenvalue weighted by molar-refractivity contribution is -0.117. The maximum atomic E-state index is 12.7. The van der Waals surface area contributed by atoms with Crippen molar-refractivity contribution in [1.82, 2.24) is 0 Å². The number of hydrogen-bond donors (Lipinski definition) is 2. The molecular formula is C21H22N2O2S2. The topological polar surface area (TPSA) is 58.2 Å². The van der Waals surface area contributed by atoms with E-state index in [0.29, 0.717) is 15.8 Å². The molecule has 2 aromatic carbocycles. The Morgan fingerprint density at radius 3 is 2.33 bits per heavy atom. The summed E-state index contributed by atoms with van der Waals surface area (Å²) in [6.45, 7) is 0. The van der Waals surface area contributed by atoms with E-state index >= 15 is 0 Å². The molecule has 1 aliphatic heterocycles. The number of anilines is 2. The molecule has 2 fully saturated rings. The molecule has 4 rings (SSSR count). The maximum absolute atomic E-state index is 12.7. The Labute approximate surface area is 167 Å². The van der Waals surface area contributed by atoms with Gasteiger partial charge in [0, 0.05) is 22.9 Å². The van der Waals surface area contributed by atoms with E-state index in [4.69, 9.17) is 0 Å². The van der Waals surface area contributed by atoms with Crippen LogP contribution in [-0.2, 0) is 4.79 Å². The van der Waals surface area contributed by atoms with Crippen molar-refractivity contribution in [2.75, 3.05) is 22.1 Å². The molecule has 0 unspecified atom stereocenters. The molecular weight excluding hydrogens is 376 g/mol. The highest BCUT2D eigenvalue weighted by atomic mass is 32.2. The molecule has 6 heteroatoms. The lowest BCUT2D eigenvalue weighted by atomic mass is 10.1. The van der Waals surface area contributed by atoms with Crippen LogP contribution in [0.25, 0.3) is 0 Å². The predicted octanol–water partition coefficient (Wildman–Crippen LogP) is 5.16. The van der Waals surface area contributed by atoms with Crippen molar-refractivity contribution in [3.8, 4) is 0 Å². The molecule has 1 aliphatic carbocycles. The highest BCUT2D eigenvalue weighted by Crippen LogP contribution is 2.44. The van der Waals surface area contributed by atoms with E-state index in [2.05, 4.69) is 22.8 Å². The van der Waals surface area contributed by atoms with Gasteiger partial charge in [-0.2, -0.15) is 0 Å². The van der Waals surface area contributed by atoms with E-state index in [0.717, 1.165) is 18.5 Å². The van der Waals surface area contributed by atoms with Crippen LogP contribution in [0.1, 0.15) is 39.8 Å². The largest absolute Gasteiger partial charge is 0.326 e. The van der Waals surface area contributed by atoms with Crippen molar-refractivity contribution < 1.29 is 9.59 Å². The molecule has 1 saturated heterocycles. The van der Waals surface area contributed by atoms with Crippen molar-refractivity contribution in [3.05, 3.63) is 59.7 Å². The molecule has 0 spiro atoms. The molecule has 2 aliphatic rings. The van der Waals surface area contributed by atoms with Crippen molar-refractivity contribution >= 4 is 46.7 Å². The van der Waals surface area contributed by atoms with Gasteiger partial charge in [-0.15, -0.1) is 23.5 Å². The summed E-state index contributed by atoms with van der Waals surface area (Å²) in [5, 5.41) is 5.87. The second kappa shape index (κ2) is 8.40. The summed E-state index contributed by atoms with van der Waals surface area (Å²) >= 11 is 3.93. The SMILES string of the molecule is O=C(Nc1cccc(C2SCCCS2)c1)c1cccc(NC(=O)C2CC2)c1. The number of rotatable bonds is 5. The second-order valence-electron chi connectivity index (χ2n) is 6.85. The molecule has 2 aromatic rings. The molecule has 0 radical (unpaired) electrons. The second-order valence-corrected chi connectivity index (χ2v) is 9.58. The van der Waals surface area contributed by atoms with Gasteiger partial charge >= 0.3 is 0 Å². The number of nitrogens with one attached hydrogen (secondary N) is 2. The van der Waals surface area contributed by atoms with Crippen LogP contribution in [0, 0.1) is 5.92 Å². The Bertz CT molecular complexity index is 846. The number of thioether (sulfide) groups is 2. The Balaban J connectivity index is 1.43. The molecule has 2 N–H and O–H groups in total. The van der Waals surface area contributed by atoms with Crippen LogP contribution in [0.4, 0.5) is 11.4 Å². The van der Waals surface area contributed by atoms with Gasteiger partial charge in [-0.25, -0.2) is 0 Å². The highest BCUT2D eigenvalue weighted by molar-refractivity contribution is 8.16. The first kappa shape index (κ1) is 18.4. The minimum Gasteiger partial charge on any atom is -0.326 e. The summed E-state index contributed by atoms with van der Waals surface area (Å²) in [7, 11) is 0. The van der Waals surface area contributed by atoms with Crippen LogP contribution < -0.4 is 10.6 Å². The summed E-state index contributed by atoms with van der Waals surface area (Å²) in [5.41, 5.74) is 3.25. The van der Waals surface area contributed by atoms with Gasteiger partial charge in [0.05, 0.1) is 4.58 Å². The Morgan fingerprint density at radius 1 is 0.889 bits per heavy atom. The standard InChI is InChI=1S/C21H22N2O2S2/c24-19(14-8-9-14)22-17-6-1-4-15(12-17)20(25)23-18-7-2-5-16(13-18)21-26-10-3-11-27-21/h1-2,4-7,12-14,21H,3,8-11H2,(H,22,24)(H,23,25). The molecule has 1 saturated carbocycles.